The molecule has 0 aliphatic carbocycles. The Morgan fingerprint density at radius 2 is 1.90 bits per heavy atom. The molecule has 0 bridgehead atoms. The number of carbonyl (C=O) groups excluding carboxylic acids is 1. The van der Waals surface area contributed by atoms with Crippen LogP contribution in [-0.4, -0.2) is 10.9 Å². The van der Waals surface area contributed by atoms with Gasteiger partial charge in [-0.05, 0) is 24.6 Å². The predicted molar refractivity (Wildman–Crippen MR) is 67.6 cm³/mol. The van der Waals surface area contributed by atoms with Crippen LogP contribution in [0.1, 0.15) is 11.1 Å². The molecule has 6 heteroatoms. The van der Waals surface area contributed by atoms with E-state index in [1.807, 2.05) is 6.92 Å². The Labute approximate surface area is 113 Å². The average Bonchev–Trinajstić information content (AvgIpc) is 2.42. The smallest absolute Gasteiger partial charge is 0.230 e. The van der Waals surface area contributed by atoms with Crippen molar-refractivity contribution in [3.8, 4) is 0 Å². The van der Waals surface area contributed by atoms with Gasteiger partial charge in [0.2, 0.25) is 5.91 Å². The van der Waals surface area contributed by atoms with Crippen molar-refractivity contribution in [3.63, 3.8) is 0 Å². The Bertz CT molecular complexity index is 642. The number of benzene rings is 1. The third-order valence-corrected chi connectivity index (χ3v) is 2.65. The van der Waals surface area contributed by atoms with Gasteiger partial charge in [-0.15, -0.1) is 0 Å². The summed E-state index contributed by atoms with van der Waals surface area (Å²) in [6, 6.07) is 5.16. The van der Waals surface area contributed by atoms with Crippen LogP contribution < -0.4 is 5.32 Å². The number of hydrogen-bond acceptors (Lipinski definition) is 2. The van der Waals surface area contributed by atoms with Gasteiger partial charge in [-0.1, -0.05) is 12.1 Å². The van der Waals surface area contributed by atoms with E-state index in [0.717, 1.165) is 17.7 Å². The first-order valence-electron chi connectivity index (χ1n) is 5.82. The summed E-state index contributed by atoms with van der Waals surface area (Å²) < 4.78 is 39.2. The van der Waals surface area contributed by atoms with Crippen LogP contribution in [0.2, 0.25) is 0 Å². The van der Waals surface area contributed by atoms with E-state index in [0.29, 0.717) is 5.82 Å². The molecule has 1 aromatic heterocycles. The first-order chi connectivity index (χ1) is 9.47. The zero-order chi connectivity index (χ0) is 14.7. The molecular weight excluding hydrogens is 269 g/mol. The summed E-state index contributed by atoms with van der Waals surface area (Å²) in [5.74, 6) is -4.47. The lowest BCUT2D eigenvalue weighted by Gasteiger charge is -2.06. The highest BCUT2D eigenvalue weighted by molar-refractivity contribution is 5.91. The van der Waals surface area contributed by atoms with Gasteiger partial charge >= 0.3 is 0 Å². The molecule has 1 N–H and O–H groups in total. The van der Waals surface area contributed by atoms with Crippen molar-refractivity contribution in [2.75, 3.05) is 5.32 Å². The number of amides is 1. The van der Waals surface area contributed by atoms with Crippen LogP contribution in [-0.2, 0) is 11.2 Å². The van der Waals surface area contributed by atoms with E-state index in [4.69, 9.17) is 0 Å². The third-order valence-electron chi connectivity index (χ3n) is 2.65. The highest BCUT2D eigenvalue weighted by Gasteiger charge is 2.15. The molecule has 2 aromatic rings. The second kappa shape index (κ2) is 5.73. The standard InChI is InChI=1S/C14H11F3N2O/c1-8-2-5-11(18-7-8)19-12(20)6-9-3-4-10(15)14(17)13(9)16/h2-5,7H,6H2,1H3,(H,18,19,20). The van der Waals surface area contributed by atoms with Crippen molar-refractivity contribution in [3.05, 3.63) is 59.0 Å². The van der Waals surface area contributed by atoms with Crippen molar-refractivity contribution >= 4 is 11.7 Å². The van der Waals surface area contributed by atoms with E-state index < -0.39 is 29.8 Å². The average molecular weight is 280 g/mol. The van der Waals surface area contributed by atoms with E-state index in [1.165, 1.54) is 0 Å². The van der Waals surface area contributed by atoms with Crippen LogP contribution in [0.15, 0.2) is 30.5 Å². The first kappa shape index (κ1) is 14.0. The van der Waals surface area contributed by atoms with Crippen molar-refractivity contribution in [1.82, 2.24) is 4.98 Å². The van der Waals surface area contributed by atoms with Crippen LogP contribution in [0.4, 0.5) is 19.0 Å². The Morgan fingerprint density at radius 3 is 2.55 bits per heavy atom. The van der Waals surface area contributed by atoms with Gasteiger partial charge in [-0.25, -0.2) is 18.2 Å². The SMILES string of the molecule is Cc1ccc(NC(=O)Cc2ccc(F)c(F)c2F)nc1. The third kappa shape index (κ3) is 3.14. The Kier molecular flexibility index (Phi) is 4.02. The van der Waals surface area contributed by atoms with Crippen LogP contribution in [0.5, 0.6) is 0 Å². The molecule has 20 heavy (non-hydrogen) atoms. The molecule has 0 atom stereocenters. The minimum absolute atomic E-state index is 0.214. The maximum absolute atomic E-state index is 13.4. The summed E-state index contributed by atoms with van der Waals surface area (Å²) >= 11 is 0. The van der Waals surface area contributed by atoms with Gasteiger partial charge in [-0.2, -0.15) is 0 Å². The molecule has 0 fully saturated rings. The van der Waals surface area contributed by atoms with Crippen LogP contribution in [0.3, 0.4) is 0 Å². The van der Waals surface area contributed by atoms with Crippen molar-refractivity contribution < 1.29 is 18.0 Å². The van der Waals surface area contributed by atoms with Gasteiger partial charge in [0, 0.05) is 11.8 Å². The topological polar surface area (TPSA) is 42.0 Å². The number of nitrogens with zero attached hydrogens (tertiary/aromatic N) is 1. The fraction of sp³-hybridized carbons (Fsp3) is 0.143. The molecular formula is C14H11F3N2O. The second-order valence-electron chi connectivity index (χ2n) is 4.28. The highest BCUT2D eigenvalue weighted by atomic mass is 19.2. The molecule has 0 unspecified atom stereocenters. The van der Waals surface area contributed by atoms with Gasteiger partial charge in [0.05, 0.1) is 6.42 Å². The van der Waals surface area contributed by atoms with Crippen molar-refractivity contribution in [2.24, 2.45) is 0 Å². The number of anilines is 1. The lowest BCUT2D eigenvalue weighted by atomic mass is 10.1. The number of carbonyl (C=O) groups is 1. The molecule has 0 aliphatic heterocycles. The molecule has 1 aromatic carbocycles. The molecule has 1 heterocycles. The fourth-order valence-corrected chi connectivity index (χ4v) is 1.60. The summed E-state index contributed by atoms with van der Waals surface area (Å²) in [4.78, 5) is 15.6. The molecule has 1 amide bonds. The molecule has 0 spiro atoms. The normalized spacial score (nSPS) is 10.4. The fourth-order valence-electron chi connectivity index (χ4n) is 1.60. The summed E-state index contributed by atoms with van der Waals surface area (Å²) in [6.07, 6.45) is 1.16. The number of aromatic nitrogens is 1. The van der Waals surface area contributed by atoms with Crippen LogP contribution in [0.25, 0.3) is 0 Å². The molecule has 2 rings (SSSR count). The Hall–Kier alpha value is -2.37. The molecule has 104 valence electrons. The molecule has 0 saturated heterocycles. The quantitative estimate of drug-likeness (QED) is 0.878. The summed E-state index contributed by atoms with van der Waals surface area (Å²) in [7, 11) is 0. The van der Waals surface area contributed by atoms with Gasteiger partial charge in [-0.3, -0.25) is 4.79 Å². The number of halogens is 3. The van der Waals surface area contributed by atoms with Crippen LogP contribution >= 0.6 is 0 Å². The Morgan fingerprint density at radius 1 is 1.15 bits per heavy atom. The largest absolute Gasteiger partial charge is 0.310 e. The number of rotatable bonds is 3. The van der Waals surface area contributed by atoms with E-state index >= 15 is 0 Å². The van der Waals surface area contributed by atoms with Gasteiger partial charge in [0.15, 0.2) is 17.5 Å². The van der Waals surface area contributed by atoms with Gasteiger partial charge in [0.1, 0.15) is 5.82 Å². The van der Waals surface area contributed by atoms with Crippen LogP contribution in [0, 0.1) is 24.4 Å². The minimum Gasteiger partial charge on any atom is -0.310 e. The summed E-state index contributed by atoms with van der Waals surface area (Å²) in [6.45, 7) is 1.84. The zero-order valence-corrected chi connectivity index (χ0v) is 10.6. The summed E-state index contributed by atoms with van der Waals surface area (Å²) in [5.41, 5.74) is 0.711. The number of hydrogen-bond donors (Lipinski definition) is 1. The highest BCUT2D eigenvalue weighted by Crippen LogP contribution is 2.16. The molecule has 0 aliphatic rings. The lowest BCUT2D eigenvalue weighted by molar-refractivity contribution is -0.115. The molecule has 3 nitrogen and oxygen atoms in total. The number of pyridine rings is 1. The predicted octanol–water partition coefficient (Wildman–Crippen LogP) is 2.99. The van der Waals surface area contributed by atoms with E-state index in [1.54, 1.807) is 18.3 Å². The number of nitrogens with one attached hydrogen (secondary N) is 1. The zero-order valence-electron chi connectivity index (χ0n) is 10.6. The molecule has 0 radical (unpaired) electrons. The second-order valence-corrected chi connectivity index (χ2v) is 4.28. The Balaban J connectivity index is 2.08. The minimum atomic E-state index is -1.58. The van der Waals surface area contributed by atoms with E-state index in [-0.39, 0.29) is 5.56 Å². The first-order valence-corrected chi connectivity index (χ1v) is 5.82. The van der Waals surface area contributed by atoms with Gasteiger partial charge < -0.3 is 5.32 Å². The van der Waals surface area contributed by atoms with Crippen molar-refractivity contribution in [1.29, 1.82) is 0 Å². The van der Waals surface area contributed by atoms with E-state index in [2.05, 4.69) is 10.3 Å². The maximum atomic E-state index is 13.4. The number of aryl methyl sites for hydroxylation is 1. The monoisotopic (exact) mass is 280 g/mol. The molecule has 0 saturated carbocycles. The van der Waals surface area contributed by atoms with Crippen molar-refractivity contribution in [2.45, 2.75) is 13.3 Å². The van der Waals surface area contributed by atoms with E-state index in [9.17, 15) is 18.0 Å². The van der Waals surface area contributed by atoms with Gasteiger partial charge in [0.25, 0.3) is 0 Å². The maximum Gasteiger partial charge on any atom is 0.230 e. The lowest BCUT2D eigenvalue weighted by Crippen LogP contribution is -2.16. The summed E-state index contributed by atoms with van der Waals surface area (Å²) in [5, 5.41) is 2.45.